The van der Waals surface area contributed by atoms with Crippen LogP contribution in [0.25, 0.3) is 10.9 Å². The Balaban J connectivity index is 1.62. The quantitative estimate of drug-likeness (QED) is 0.873. The molecular formula is C16H16FN3O3. The summed E-state index contributed by atoms with van der Waals surface area (Å²) in [6.45, 7) is 3.52. The van der Waals surface area contributed by atoms with Crippen LogP contribution in [0.15, 0.2) is 18.2 Å². The molecule has 0 bridgehead atoms. The van der Waals surface area contributed by atoms with E-state index in [1.807, 2.05) is 6.92 Å². The third-order valence-electron chi connectivity index (χ3n) is 4.64. The Labute approximate surface area is 131 Å². The van der Waals surface area contributed by atoms with Gasteiger partial charge in [-0.3, -0.25) is 9.69 Å². The number of amides is 2. The number of benzene rings is 1. The average molecular weight is 317 g/mol. The van der Waals surface area contributed by atoms with Crippen molar-refractivity contribution in [3.05, 3.63) is 35.3 Å². The number of aryl methyl sites for hydroxylation is 1. The van der Waals surface area contributed by atoms with Crippen molar-refractivity contribution in [2.24, 2.45) is 0 Å². The SMILES string of the molecule is Cc1c(C(=O)N2CCN3C(=O)OC[C@H]3C2)[nH]c2ccc(F)cc12. The molecule has 2 fully saturated rings. The van der Waals surface area contributed by atoms with Gasteiger partial charge < -0.3 is 14.6 Å². The van der Waals surface area contributed by atoms with E-state index in [-0.39, 0.29) is 23.9 Å². The summed E-state index contributed by atoms with van der Waals surface area (Å²) in [4.78, 5) is 30.8. The smallest absolute Gasteiger partial charge is 0.410 e. The predicted molar refractivity (Wildman–Crippen MR) is 80.7 cm³/mol. The largest absolute Gasteiger partial charge is 0.447 e. The van der Waals surface area contributed by atoms with Gasteiger partial charge in [0, 0.05) is 30.5 Å². The number of carbonyl (C=O) groups is 2. The van der Waals surface area contributed by atoms with Crippen molar-refractivity contribution in [1.82, 2.24) is 14.8 Å². The molecule has 120 valence electrons. The van der Waals surface area contributed by atoms with E-state index >= 15 is 0 Å². The Morgan fingerprint density at radius 3 is 3.04 bits per heavy atom. The second-order valence-corrected chi connectivity index (χ2v) is 5.99. The van der Waals surface area contributed by atoms with E-state index < -0.39 is 0 Å². The summed E-state index contributed by atoms with van der Waals surface area (Å²) in [7, 11) is 0. The molecule has 2 aliphatic heterocycles. The van der Waals surface area contributed by atoms with Gasteiger partial charge in [0.25, 0.3) is 5.91 Å². The summed E-state index contributed by atoms with van der Waals surface area (Å²) in [5.74, 6) is -0.452. The molecule has 2 saturated heterocycles. The van der Waals surface area contributed by atoms with Gasteiger partial charge >= 0.3 is 6.09 Å². The van der Waals surface area contributed by atoms with E-state index in [0.29, 0.717) is 37.3 Å². The number of hydrogen-bond acceptors (Lipinski definition) is 3. The van der Waals surface area contributed by atoms with Crippen LogP contribution in [0.4, 0.5) is 9.18 Å². The van der Waals surface area contributed by atoms with Gasteiger partial charge in [-0.05, 0) is 30.7 Å². The zero-order valence-corrected chi connectivity index (χ0v) is 12.6. The number of ether oxygens (including phenoxy) is 1. The summed E-state index contributed by atoms with van der Waals surface area (Å²) in [6, 6.07) is 4.35. The summed E-state index contributed by atoms with van der Waals surface area (Å²) in [6.07, 6.45) is -0.306. The molecule has 7 heteroatoms. The van der Waals surface area contributed by atoms with E-state index in [9.17, 15) is 14.0 Å². The highest BCUT2D eigenvalue weighted by molar-refractivity contribution is 6.01. The number of halogens is 1. The number of aromatic amines is 1. The van der Waals surface area contributed by atoms with Crippen molar-refractivity contribution < 1.29 is 18.7 Å². The van der Waals surface area contributed by atoms with E-state index in [2.05, 4.69) is 4.98 Å². The lowest BCUT2D eigenvalue weighted by molar-refractivity contribution is 0.0611. The second kappa shape index (κ2) is 4.97. The number of carbonyl (C=O) groups excluding carboxylic acids is 2. The number of rotatable bonds is 1. The van der Waals surface area contributed by atoms with Crippen LogP contribution in [-0.2, 0) is 4.74 Å². The van der Waals surface area contributed by atoms with Crippen molar-refractivity contribution in [1.29, 1.82) is 0 Å². The van der Waals surface area contributed by atoms with Crippen LogP contribution in [0.3, 0.4) is 0 Å². The molecule has 0 aliphatic carbocycles. The molecule has 0 unspecified atom stereocenters. The first-order valence-corrected chi connectivity index (χ1v) is 7.55. The number of cyclic esters (lactones) is 1. The lowest BCUT2D eigenvalue weighted by Gasteiger charge is -2.35. The first kappa shape index (κ1) is 14.0. The summed E-state index contributed by atoms with van der Waals surface area (Å²) in [5, 5.41) is 0.714. The van der Waals surface area contributed by atoms with Crippen LogP contribution in [0, 0.1) is 12.7 Å². The number of H-pyrrole nitrogens is 1. The number of nitrogens with zero attached hydrogens (tertiary/aromatic N) is 2. The molecule has 0 saturated carbocycles. The molecule has 23 heavy (non-hydrogen) atoms. The van der Waals surface area contributed by atoms with Crippen molar-refractivity contribution in [2.45, 2.75) is 13.0 Å². The van der Waals surface area contributed by atoms with Crippen molar-refractivity contribution >= 4 is 22.9 Å². The van der Waals surface area contributed by atoms with Gasteiger partial charge in [-0.15, -0.1) is 0 Å². The second-order valence-electron chi connectivity index (χ2n) is 5.99. The van der Waals surface area contributed by atoms with E-state index in [1.165, 1.54) is 12.1 Å². The molecule has 0 spiro atoms. The number of hydrogen-bond donors (Lipinski definition) is 1. The molecule has 1 aromatic heterocycles. The van der Waals surface area contributed by atoms with Gasteiger partial charge in [0.15, 0.2) is 0 Å². The monoisotopic (exact) mass is 317 g/mol. The molecule has 1 atom stereocenters. The lowest BCUT2D eigenvalue weighted by atomic mass is 10.1. The average Bonchev–Trinajstić information content (AvgIpc) is 3.08. The highest BCUT2D eigenvalue weighted by atomic mass is 19.1. The molecule has 6 nitrogen and oxygen atoms in total. The van der Waals surface area contributed by atoms with Gasteiger partial charge in [0.2, 0.25) is 0 Å². The Morgan fingerprint density at radius 2 is 2.22 bits per heavy atom. The first-order valence-electron chi connectivity index (χ1n) is 7.55. The van der Waals surface area contributed by atoms with Gasteiger partial charge in [-0.25, -0.2) is 9.18 Å². The maximum absolute atomic E-state index is 13.4. The third kappa shape index (κ3) is 2.15. The Morgan fingerprint density at radius 1 is 1.39 bits per heavy atom. The maximum Gasteiger partial charge on any atom is 0.410 e. The Hall–Kier alpha value is -2.57. The van der Waals surface area contributed by atoms with E-state index in [0.717, 1.165) is 11.1 Å². The van der Waals surface area contributed by atoms with Crippen LogP contribution >= 0.6 is 0 Å². The van der Waals surface area contributed by atoms with Gasteiger partial charge in [0.1, 0.15) is 18.1 Å². The molecule has 2 amide bonds. The van der Waals surface area contributed by atoms with Crippen molar-refractivity contribution in [2.75, 3.05) is 26.2 Å². The van der Waals surface area contributed by atoms with Gasteiger partial charge in [-0.1, -0.05) is 0 Å². The Kier molecular flexibility index (Phi) is 3.04. The standard InChI is InChI=1S/C16H16FN3O3/c1-9-12-6-10(17)2-3-13(12)18-14(9)15(21)19-4-5-20-11(7-19)8-23-16(20)22/h2-3,6,11,18H,4-5,7-8H2,1H3/t11-/m1/s1. The van der Waals surface area contributed by atoms with Crippen molar-refractivity contribution in [3.8, 4) is 0 Å². The summed E-state index contributed by atoms with van der Waals surface area (Å²) >= 11 is 0. The number of aromatic nitrogens is 1. The fraction of sp³-hybridized carbons (Fsp3) is 0.375. The minimum absolute atomic E-state index is 0.0812. The van der Waals surface area contributed by atoms with Crippen LogP contribution in [0.2, 0.25) is 0 Å². The zero-order valence-electron chi connectivity index (χ0n) is 12.6. The zero-order chi connectivity index (χ0) is 16.1. The van der Waals surface area contributed by atoms with Crippen LogP contribution in [0.5, 0.6) is 0 Å². The van der Waals surface area contributed by atoms with E-state index in [1.54, 1.807) is 15.9 Å². The van der Waals surface area contributed by atoms with Gasteiger partial charge in [0.05, 0.1) is 6.04 Å². The maximum atomic E-state index is 13.4. The van der Waals surface area contributed by atoms with E-state index in [4.69, 9.17) is 4.74 Å². The molecule has 2 aromatic rings. The fourth-order valence-corrected chi connectivity index (χ4v) is 3.34. The first-order chi connectivity index (χ1) is 11.0. The lowest BCUT2D eigenvalue weighted by Crippen LogP contribution is -2.53. The number of fused-ring (bicyclic) bond motifs is 2. The highest BCUT2D eigenvalue weighted by Crippen LogP contribution is 2.25. The van der Waals surface area contributed by atoms with Crippen LogP contribution in [-0.4, -0.2) is 59.1 Å². The van der Waals surface area contributed by atoms with Crippen LogP contribution in [0.1, 0.15) is 16.1 Å². The molecule has 4 rings (SSSR count). The van der Waals surface area contributed by atoms with Gasteiger partial charge in [-0.2, -0.15) is 0 Å². The molecule has 3 heterocycles. The Bertz CT molecular complexity index is 816. The topological polar surface area (TPSA) is 65.6 Å². The number of nitrogens with one attached hydrogen (secondary N) is 1. The van der Waals surface area contributed by atoms with Crippen LogP contribution < -0.4 is 0 Å². The molecule has 0 radical (unpaired) electrons. The summed E-state index contributed by atoms with van der Waals surface area (Å²) in [5.41, 5.74) is 1.96. The minimum Gasteiger partial charge on any atom is -0.447 e. The third-order valence-corrected chi connectivity index (χ3v) is 4.64. The predicted octanol–water partition coefficient (Wildman–Crippen LogP) is 1.89. The summed E-state index contributed by atoms with van der Waals surface area (Å²) < 4.78 is 18.4. The fourth-order valence-electron chi connectivity index (χ4n) is 3.34. The molecule has 2 aliphatic rings. The number of piperazine rings is 1. The molecular weight excluding hydrogens is 301 g/mol. The molecule has 1 aromatic carbocycles. The highest BCUT2D eigenvalue weighted by Gasteiger charge is 2.39. The normalized spacial score (nSPS) is 20.8. The molecule has 1 N–H and O–H groups in total. The van der Waals surface area contributed by atoms with Crippen molar-refractivity contribution in [3.63, 3.8) is 0 Å². The minimum atomic E-state index is -0.325.